The molecule has 45 heavy (non-hydrogen) atoms. The van der Waals surface area contributed by atoms with Gasteiger partial charge in [-0.3, -0.25) is 14.3 Å². The third-order valence-corrected chi connectivity index (χ3v) is 10.3. The van der Waals surface area contributed by atoms with Crippen LogP contribution in [-0.4, -0.2) is 92.9 Å². The highest BCUT2D eigenvalue weighted by molar-refractivity contribution is 7.94. The molecule has 252 valence electrons. The monoisotopic (exact) mass is 677 g/mol. The fourth-order valence-electron chi connectivity index (χ4n) is 4.88. The number of thiophene rings is 1. The molecule has 2 amide bonds. The van der Waals surface area contributed by atoms with Gasteiger partial charge in [-0.05, 0) is 62.8 Å². The second-order valence-corrected chi connectivity index (χ2v) is 14.3. The topological polar surface area (TPSA) is 125 Å². The van der Waals surface area contributed by atoms with E-state index in [1.807, 2.05) is 6.92 Å². The van der Waals surface area contributed by atoms with Crippen molar-refractivity contribution in [2.75, 3.05) is 38.1 Å². The van der Waals surface area contributed by atoms with E-state index in [1.165, 1.54) is 35.0 Å². The minimum atomic E-state index is -4.45. The number of anilines is 1. The van der Waals surface area contributed by atoms with Crippen LogP contribution >= 0.6 is 11.3 Å². The summed E-state index contributed by atoms with van der Waals surface area (Å²) in [5.41, 5.74) is 0.243. The Kier molecular flexibility index (Phi) is 13.1. The average molecular weight is 678 g/mol. The molecule has 2 aromatic rings. The lowest BCUT2D eigenvalue weighted by Gasteiger charge is -2.36. The lowest BCUT2D eigenvalue weighted by Crippen LogP contribution is -2.48. The summed E-state index contributed by atoms with van der Waals surface area (Å²) in [4.78, 5) is 29.3. The minimum absolute atomic E-state index is 0.0120. The normalized spacial score (nSPS) is 21.3. The number of amides is 2. The fraction of sp³-hybridized carbons (Fsp3) is 0.600. The summed E-state index contributed by atoms with van der Waals surface area (Å²) in [6.07, 6.45) is -5.27. The molecule has 0 radical (unpaired) electrons. The first kappa shape index (κ1) is 36.6. The zero-order chi connectivity index (χ0) is 33.4. The number of hydrogen-bond acceptors (Lipinski definition) is 8. The van der Waals surface area contributed by atoms with E-state index >= 15 is 0 Å². The maximum absolute atomic E-state index is 14.2. The van der Waals surface area contributed by atoms with Crippen LogP contribution in [0.2, 0.25) is 0 Å². The quantitative estimate of drug-likeness (QED) is 0.377. The predicted octanol–water partition coefficient (Wildman–Crippen LogP) is 5.15. The summed E-state index contributed by atoms with van der Waals surface area (Å²) in [6.45, 7) is 5.35. The Labute approximate surface area is 266 Å². The second kappa shape index (κ2) is 16.1. The van der Waals surface area contributed by atoms with E-state index in [4.69, 9.17) is 9.47 Å². The number of aliphatic hydroxyl groups excluding tert-OH is 1. The highest BCUT2D eigenvalue weighted by Gasteiger charge is 2.32. The predicted molar refractivity (Wildman–Crippen MR) is 165 cm³/mol. The minimum Gasteiger partial charge on any atom is -0.490 e. The van der Waals surface area contributed by atoms with Crippen LogP contribution in [0.25, 0.3) is 0 Å². The maximum atomic E-state index is 14.2. The number of hydrogen-bond donors (Lipinski definition) is 2. The van der Waals surface area contributed by atoms with Crippen molar-refractivity contribution in [2.24, 2.45) is 5.92 Å². The Morgan fingerprint density at radius 2 is 1.98 bits per heavy atom. The van der Waals surface area contributed by atoms with Gasteiger partial charge in [0, 0.05) is 44.8 Å². The molecular weight excluding hydrogens is 635 g/mol. The van der Waals surface area contributed by atoms with Crippen molar-refractivity contribution < 1.29 is 45.8 Å². The molecule has 0 aliphatic carbocycles. The molecule has 2 heterocycles. The van der Waals surface area contributed by atoms with Crippen LogP contribution in [0.1, 0.15) is 63.2 Å². The van der Waals surface area contributed by atoms with Crippen molar-refractivity contribution in [3.63, 3.8) is 0 Å². The molecule has 0 unspecified atom stereocenters. The van der Waals surface area contributed by atoms with Crippen molar-refractivity contribution in [3.8, 4) is 5.75 Å². The van der Waals surface area contributed by atoms with E-state index < -0.39 is 58.9 Å². The molecule has 0 fully saturated rings. The highest BCUT2D eigenvalue weighted by atomic mass is 32.2. The first-order chi connectivity index (χ1) is 21.1. The number of likely N-dealkylation sites (N-methyl/N-ethyl adjacent to an activating group) is 1. The van der Waals surface area contributed by atoms with E-state index in [1.54, 1.807) is 31.4 Å². The van der Waals surface area contributed by atoms with Gasteiger partial charge >= 0.3 is 6.18 Å². The van der Waals surface area contributed by atoms with Gasteiger partial charge in [-0.15, -0.1) is 11.3 Å². The summed E-state index contributed by atoms with van der Waals surface area (Å²) in [6, 6.07) is 6.88. The number of halogens is 3. The molecule has 4 atom stereocenters. The maximum Gasteiger partial charge on any atom is 0.389 e. The average Bonchev–Trinajstić information content (AvgIpc) is 3.53. The highest BCUT2D eigenvalue weighted by Crippen LogP contribution is 2.30. The number of carbonyl (C=O) groups is 2. The van der Waals surface area contributed by atoms with Gasteiger partial charge < -0.3 is 24.4 Å². The van der Waals surface area contributed by atoms with Crippen LogP contribution in [0, 0.1) is 5.92 Å². The Hall–Kier alpha value is -2.88. The molecule has 0 saturated carbocycles. The number of sulfonamides is 1. The van der Waals surface area contributed by atoms with Gasteiger partial charge in [0.05, 0.1) is 36.8 Å². The number of ether oxygens (including phenoxy) is 2. The van der Waals surface area contributed by atoms with Crippen LogP contribution in [0.15, 0.2) is 39.9 Å². The van der Waals surface area contributed by atoms with E-state index in [0.29, 0.717) is 19.4 Å². The van der Waals surface area contributed by atoms with Crippen LogP contribution < -0.4 is 9.46 Å². The molecular formula is C30H42F3N3O7S2. The summed E-state index contributed by atoms with van der Waals surface area (Å²) < 4.78 is 78.9. The van der Waals surface area contributed by atoms with Crippen molar-refractivity contribution in [2.45, 2.75) is 81.5 Å². The summed E-state index contributed by atoms with van der Waals surface area (Å²) in [5.74, 6) is -1.34. The number of nitrogens with one attached hydrogen (secondary N) is 1. The van der Waals surface area contributed by atoms with Gasteiger partial charge in [-0.25, -0.2) is 8.42 Å². The van der Waals surface area contributed by atoms with Gasteiger partial charge in [0.25, 0.3) is 15.9 Å². The Balaban J connectivity index is 1.94. The van der Waals surface area contributed by atoms with Crippen LogP contribution in [0.5, 0.6) is 5.75 Å². The van der Waals surface area contributed by atoms with Gasteiger partial charge in [0.15, 0.2) is 0 Å². The zero-order valence-electron chi connectivity index (χ0n) is 25.9. The first-order valence-electron chi connectivity index (χ1n) is 14.8. The molecule has 1 aromatic carbocycles. The van der Waals surface area contributed by atoms with E-state index in [9.17, 15) is 36.3 Å². The Bertz CT molecular complexity index is 1370. The number of carbonyl (C=O) groups excluding carboxylic acids is 2. The molecule has 0 spiro atoms. The summed E-state index contributed by atoms with van der Waals surface area (Å²) in [5, 5.41) is 11.7. The third kappa shape index (κ3) is 10.9. The molecule has 15 heteroatoms. The van der Waals surface area contributed by atoms with E-state index in [0.717, 1.165) is 17.8 Å². The molecule has 1 aromatic heterocycles. The van der Waals surface area contributed by atoms with Crippen LogP contribution in [0.4, 0.5) is 18.9 Å². The van der Waals surface area contributed by atoms with Gasteiger partial charge in [0.2, 0.25) is 5.91 Å². The molecule has 0 saturated heterocycles. The number of alkyl halides is 3. The number of aliphatic hydroxyl groups is 1. The fourth-order valence-corrected chi connectivity index (χ4v) is 6.92. The van der Waals surface area contributed by atoms with E-state index in [-0.39, 0.29) is 47.0 Å². The molecule has 10 nitrogen and oxygen atoms in total. The molecule has 1 aliphatic heterocycles. The van der Waals surface area contributed by atoms with Crippen LogP contribution in [0.3, 0.4) is 0 Å². The third-order valence-electron chi connectivity index (χ3n) is 7.57. The lowest BCUT2D eigenvalue weighted by molar-refractivity contribution is -0.149. The van der Waals surface area contributed by atoms with Crippen molar-refractivity contribution in [3.05, 3.63) is 41.3 Å². The van der Waals surface area contributed by atoms with Crippen LogP contribution in [-0.2, 0) is 19.6 Å². The largest absolute Gasteiger partial charge is 0.490 e. The molecule has 2 N–H and O–H groups in total. The van der Waals surface area contributed by atoms with Gasteiger partial charge in [-0.2, -0.15) is 13.2 Å². The number of nitrogens with zero attached hydrogens (tertiary/aromatic N) is 2. The number of rotatable bonds is 9. The first-order valence-corrected chi connectivity index (χ1v) is 17.2. The smallest absolute Gasteiger partial charge is 0.389 e. The van der Waals surface area contributed by atoms with Crippen molar-refractivity contribution in [1.82, 2.24) is 9.80 Å². The molecule has 1 aliphatic rings. The Morgan fingerprint density at radius 3 is 2.62 bits per heavy atom. The second-order valence-electron chi connectivity index (χ2n) is 11.4. The summed E-state index contributed by atoms with van der Waals surface area (Å²) in [7, 11) is -2.48. The summed E-state index contributed by atoms with van der Waals surface area (Å²) >= 11 is 1.05. The van der Waals surface area contributed by atoms with E-state index in [2.05, 4.69) is 4.72 Å². The van der Waals surface area contributed by atoms with Gasteiger partial charge in [-0.1, -0.05) is 13.0 Å². The van der Waals surface area contributed by atoms with Crippen molar-refractivity contribution in [1.29, 1.82) is 0 Å². The molecule has 3 rings (SSSR count). The zero-order valence-corrected chi connectivity index (χ0v) is 27.5. The van der Waals surface area contributed by atoms with Gasteiger partial charge in [0.1, 0.15) is 9.96 Å². The lowest BCUT2D eigenvalue weighted by atomic mass is 10.0. The number of benzene rings is 1. The standard InChI is InChI=1S/C30H42F3N3O7S2/c1-20-17-36(21(2)19-37)29(39)24-16-23(34-45(40,41)28-9-7-15-44-28)10-11-25(24)43-22(3)8-5-6-14-42-26(20)18-35(4)27(38)12-13-30(31,32)33/h7,9-11,15-16,20-22,26,34,37H,5-6,8,12-14,17-19H2,1-4H3/t20-,21+,22-,26-/m1/s1. The SMILES string of the molecule is C[C@@H]1CCCCO[C@H](CN(C)C(=O)CCC(F)(F)F)[C@H](C)CN([C@@H](C)CO)C(=O)c2cc(NS(=O)(=O)c3cccs3)ccc2O1. The number of fused-ring (bicyclic) bond motifs is 1. The Morgan fingerprint density at radius 1 is 1.24 bits per heavy atom. The van der Waals surface area contributed by atoms with Crippen molar-refractivity contribution >= 4 is 38.9 Å². The molecule has 0 bridgehead atoms.